The number of ether oxygens (including phenoxy) is 1. The molecule has 192 valence electrons. The number of amides is 1. The quantitative estimate of drug-likeness (QED) is 0.509. The summed E-state index contributed by atoms with van der Waals surface area (Å²) >= 11 is 6.41. The molecule has 0 atom stereocenters. The molecule has 0 spiro atoms. The highest BCUT2D eigenvalue weighted by molar-refractivity contribution is 6.30. The summed E-state index contributed by atoms with van der Waals surface area (Å²) in [7, 11) is 0. The zero-order chi connectivity index (χ0) is 26.1. The Morgan fingerprint density at radius 3 is 2.30 bits per heavy atom. The summed E-state index contributed by atoms with van der Waals surface area (Å²) in [6.45, 7) is 2.34. The van der Waals surface area contributed by atoms with Crippen LogP contribution in [0.2, 0.25) is 5.02 Å². The minimum atomic E-state index is -0.600. The first-order valence-corrected chi connectivity index (χ1v) is 13.0. The van der Waals surface area contributed by atoms with Crippen LogP contribution in [0.3, 0.4) is 0 Å². The first-order chi connectivity index (χ1) is 17.9. The van der Waals surface area contributed by atoms with Crippen LogP contribution in [0.4, 0.5) is 10.1 Å². The van der Waals surface area contributed by atoms with Gasteiger partial charge < -0.3 is 15.0 Å². The van der Waals surface area contributed by atoms with Crippen molar-refractivity contribution >= 4 is 34.8 Å². The predicted molar refractivity (Wildman–Crippen MR) is 139 cm³/mol. The van der Waals surface area contributed by atoms with Gasteiger partial charge in [-0.25, -0.2) is 4.39 Å². The fourth-order valence-electron chi connectivity index (χ4n) is 5.68. The maximum Gasteiger partial charge on any atom is 0.262 e. The Balaban J connectivity index is 1.54. The van der Waals surface area contributed by atoms with Gasteiger partial charge in [0.05, 0.1) is 5.69 Å². The van der Waals surface area contributed by atoms with Crippen LogP contribution >= 0.6 is 11.6 Å². The molecule has 5 rings (SSSR count). The number of rotatable bonds is 6. The molecule has 0 aromatic heterocycles. The number of Topliss-reactive ketones (excluding diaryl/α,β-unsaturated/α-hetero) is 2. The fraction of sp³-hybridized carbons (Fsp3) is 0.345. The van der Waals surface area contributed by atoms with Crippen LogP contribution in [-0.4, -0.2) is 35.5 Å². The molecule has 0 saturated carbocycles. The number of hydrogen-bond donors (Lipinski definition) is 1. The number of halogens is 2. The van der Waals surface area contributed by atoms with Crippen molar-refractivity contribution in [3.63, 3.8) is 0 Å². The Morgan fingerprint density at radius 2 is 1.68 bits per heavy atom. The molecule has 6 nitrogen and oxygen atoms in total. The molecule has 1 amide bonds. The van der Waals surface area contributed by atoms with Crippen LogP contribution in [0, 0.1) is 5.82 Å². The summed E-state index contributed by atoms with van der Waals surface area (Å²) in [4.78, 5) is 41.4. The van der Waals surface area contributed by atoms with E-state index in [-0.39, 0.29) is 23.9 Å². The van der Waals surface area contributed by atoms with Crippen molar-refractivity contribution in [2.24, 2.45) is 0 Å². The summed E-state index contributed by atoms with van der Waals surface area (Å²) < 4.78 is 19.9. The van der Waals surface area contributed by atoms with Gasteiger partial charge in [0, 0.05) is 58.4 Å². The summed E-state index contributed by atoms with van der Waals surface area (Å²) in [6, 6.07) is 10.9. The predicted octanol–water partition coefficient (Wildman–Crippen LogP) is 5.93. The average molecular weight is 523 g/mol. The van der Waals surface area contributed by atoms with Gasteiger partial charge in [-0.3, -0.25) is 14.4 Å². The number of carbonyl (C=O) groups is 3. The molecule has 0 radical (unpaired) electrons. The van der Waals surface area contributed by atoms with Gasteiger partial charge in [-0.15, -0.1) is 0 Å². The highest BCUT2D eigenvalue weighted by Crippen LogP contribution is 2.51. The molecule has 1 N–H and O–H groups in total. The molecule has 2 aliphatic carbocycles. The van der Waals surface area contributed by atoms with E-state index >= 15 is 0 Å². The smallest absolute Gasteiger partial charge is 0.262 e. The molecule has 0 saturated heterocycles. The van der Waals surface area contributed by atoms with E-state index in [2.05, 4.69) is 10.2 Å². The van der Waals surface area contributed by atoms with Crippen molar-refractivity contribution in [1.82, 2.24) is 4.90 Å². The summed E-state index contributed by atoms with van der Waals surface area (Å²) in [5, 5.41) is 2.95. The number of nitrogens with one attached hydrogen (secondary N) is 1. The third kappa shape index (κ3) is 4.80. The molecule has 0 fully saturated rings. The minimum absolute atomic E-state index is 0.0258. The minimum Gasteiger partial charge on any atom is -0.483 e. The fourth-order valence-corrected chi connectivity index (χ4v) is 5.86. The Morgan fingerprint density at radius 1 is 1.03 bits per heavy atom. The van der Waals surface area contributed by atoms with Crippen LogP contribution < -0.4 is 10.1 Å². The average Bonchev–Trinajstić information content (AvgIpc) is 2.88. The highest BCUT2D eigenvalue weighted by Gasteiger charge is 2.43. The second-order valence-electron chi connectivity index (χ2n) is 9.45. The number of benzene rings is 2. The maximum atomic E-state index is 14.0. The van der Waals surface area contributed by atoms with E-state index in [0.29, 0.717) is 46.9 Å². The first-order valence-electron chi connectivity index (χ1n) is 12.7. The van der Waals surface area contributed by atoms with Crippen molar-refractivity contribution in [2.45, 2.75) is 51.4 Å². The van der Waals surface area contributed by atoms with Crippen LogP contribution in [0.5, 0.6) is 5.75 Å². The lowest BCUT2D eigenvalue weighted by atomic mass is 9.70. The van der Waals surface area contributed by atoms with Gasteiger partial charge in [0.2, 0.25) is 0 Å². The molecule has 37 heavy (non-hydrogen) atoms. The van der Waals surface area contributed by atoms with Gasteiger partial charge in [0.1, 0.15) is 11.6 Å². The number of carbonyl (C=O) groups excluding carboxylic acids is 3. The number of hydrogen-bond acceptors (Lipinski definition) is 5. The lowest BCUT2D eigenvalue weighted by molar-refractivity contribution is -0.119. The van der Waals surface area contributed by atoms with Gasteiger partial charge in [0.15, 0.2) is 18.2 Å². The van der Waals surface area contributed by atoms with Crippen LogP contribution in [-0.2, 0) is 14.4 Å². The maximum absolute atomic E-state index is 14.0. The Kier molecular flexibility index (Phi) is 7.15. The van der Waals surface area contributed by atoms with Crippen LogP contribution in [0.1, 0.15) is 56.9 Å². The van der Waals surface area contributed by atoms with Crippen molar-refractivity contribution in [1.29, 1.82) is 0 Å². The van der Waals surface area contributed by atoms with Crippen LogP contribution in [0.25, 0.3) is 0 Å². The van der Waals surface area contributed by atoms with Crippen molar-refractivity contribution in [3.05, 3.63) is 81.4 Å². The molecule has 2 aromatic rings. The normalized spacial score (nSPS) is 18.1. The van der Waals surface area contributed by atoms with Crippen molar-refractivity contribution in [3.8, 4) is 5.75 Å². The number of ketones is 2. The lowest BCUT2D eigenvalue weighted by Gasteiger charge is -2.43. The van der Waals surface area contributed by atoms with Gasteiger partial charge in [-0.05, 0) is 62.9 Å². The third-order valence-corrected chi connectivity index (χ3v) is 7.43. The van der Waals surface area contributed by atoms with Gasteiger partial charge >= 0.3 is 0 Å². The van der Waals surface area contributed by atoms with E-state index in [1.165, 1.54) is 18.2 Å². The summed E-state index contributed by atoms with van der Waals surface area (Å²) in [6.07, 6.45) is 3.91. The number of nitrogens with zero attached hydrogens (tertiary/aromatic N) is 1. The van der Waals surface area contributed by atoms with E-state index in [9.17, 15) is 18.8 Å². The molecule has 0 unspecified atom stereocenters. The second-order valence-corrected chi connectivity index (χ2v) is 9.89. The standard InChI is InChI=1S/C29H28ClFN2O4/c1-2-33-21-9-5-11-23(34)28(21)27(29-22(33)10-6-12-24(29)35)18-15-17(30)13-14-25(18)37-16-26(36)32-20-8-4-3-7-19(20)31/h3-4,7-8,13-15,27H,2,5-6,9-12,16H2,1H3,(H,32,36). The summed E-state index contributed by atoms with van der Waals surface area (Å²) in [5.74, 6) is -1.27. The highest BCUT2D eigenvalue weighted by atomic mass is 35.5. The molecule has 3 aliphatic rings. The molecule has 0 bridgehead atoms. The SMILES string of the molecule is CCN1C2=C(C(=O)CCC2)C(c2cc(Cl)ccc2OCC(=O)Nc2ccccc2F)C2=C1CCCC2=O. The van der Waals surface area contributed by atoms with Crippen LogP contribution in [0.15, 0.2) is 65.0 Å². The number of para-hydroxylation sites is 1. The van der Waals surface area contributed by atoms with E-state index < -0.39 is 17.6 Å². The molecule has 2 aromatic carbocycles. The molecule has 1 aliphatic heterocycles. The Labute approximate surface area is 220 Å². The van der Waals surface area contributed by atoms with Gasteiger partial charge in [-0.1, -0.05) is 23.7 Å². The molecular weight excluding hydrogens is 495 g/mol. The topological polar surface area (TPSA) is 75.7 Å². The summed E-state index contributed by atoms with van der Waals surface area (Å²) in [5.41, 5.74) is 3.85. The van der Waals surface area contributed by atoms with Gasteiger partial charge in [0.25, 0.3) is 5.91 Å². The van der Waals surface area contributed by atoms with E-state index in [1.807, 2.05) is 6.92 Å². The molecule has 1 heterocycles. The lowest BCUT2D eigenvalue weighted by Crippen LogP contribution is -2.39. The number of anilines is 1. The zero-order valence-corrected chi connectivity index (χ0v) is 21.4. The van der Waals surface area contributed by atoms with Crippen molar-refractivity contribution < 1.29 is 23.5 Å². The van der Waals surface area contributed by atoms with Gasteiger partial charge in [-0.2, -0.15) is 0 Å². The largest absolute Gasteiger partial charge is 0.483 e. The van der Waals surface area contributed by atoms with E-state index in [1.54, 1.807) is 24.3 Å². The zero-order valence-electron chi connectivity index (χ0n) is 20.6. The molecular formula is C29H28ClFN2O4. The second kappa shape index (κ2) is 10.5. The van der Waals surface area contributed by atoms with E-state index in [0.717, 1.165) is 37.1 Å². The monoisotopic (exact) mass is 522 g/mol. The molecule has 8 heteroatoms. The Hall–Kier alpha value is -3.45. The van der Waals surface area contributed by atoms with Crippen molar-refractivity contribution in [2.75, 3.05) is 18.5 Å². The Bertz CT molecular complexity index is 1310. The number of allylic oxidation sites excluding steroid dienone is 4. The first kappa shape index (κ1) is 25.2. The third-order valence-electron chi connectivity index (χ3n) is 7.19. The van der Waals surface area contributed by atoms with E-state index in [4.69, 9.17) is 16.3 Å².